The van der Waals surface area contributed by atoms with Gasteiger partial charge in [0.2, 0.25) is 0 Å². The molecule has 4 rings (SSSR count). The van der Waals surface area contributed by atoms with E-state index < -0.39 is 0 Å². The molecular weight excluding hydrogens is 278 g/mol. The Labute approximate surface area is 128 Å². The molecule has 3 heteroatoms. The van der Waals surface area contributed by atoms with Crippen LogP contribution in [0.1, 0.15) is 35.0 Å². The largest absolute Gasteiger partial charge is 0.497 e. The molecule has 1 aliphatic carbocycles. The third-order valence-corrected chi connectivity index (χ3v) is 4.95. The topological polar surface area (TPSA) is 22.1 Å². The molecule has 1 aromatic heterocycles. The molecular formula is C18H17NOS. The van der Waals surface area contributed by atoms with Crippen LogP contribution in [0.5, 0.6) is 5.75 Å². The molecule has 0 aliphatic heterocycles. The minimum absolute atomic E-state index is 0.739. The Balaban J connectivity index is 1.70. The molecule has 1 aliphatic rings. The Morgan fingerprint density at radius 1 is 1.24 bits per heavy atom. The second kappa shape index (κ2) is 5.15. The lowest BCUT2D eigenvalue weighted by Gasteiger charge is -2.07. The number of methoxy groups -OCH3 is 1. The fraction of sp³-hybridized carbons (Fsp3) is 0.278. The Morgan fingerprint density at radius 3 is 2.95 bits per heavy atom. The van der Waals surface area contributed by atoms with E-state index in [1.54, 1.807) is 18.4 Å². The number of aromatic nitrogens is 1. The quantitative estimate of drug-likeness (QED) is 0.691. The van der Waals surface area contributed by atoms with Crippen molar-refractivity contribution in [2.45, 2.75) is 25.2 Å². The Hall–Kier alpha value is -1.87. The van der Waals surface area contributed by atoms with Crippen LogP contribution in [0.15, 0.2) is 41.8 Å². The zero-order valence-corrected chi connectivity index (χ0v) is 12.8. The summed E-state index contributed by atoms with van der Waals surface area (Å²) in [6.45, 7) is 0. The summed E-state index contributed by atoms with van der Waals surface area (Å²) in [5, 5.41) is 5.97. The van der Waals surface area contributed by atoms with Crippen molar-refractivity contribution in [3.05, 3.63) is 58.0 Å². The maximum Gasteiger partial charge on any atom is 0.119 e. The van der Waals surface area contributed by atoms with Gasteiger partial charge in [-0.15, -0.1) is 11.3 Å². The van der Waals surface area contributed by atoms with Gasteiger partial charge >= 0.3 is 0 Å². The van der Waals surface area contributed by atoms with Gasteiger partial charge < -0.3 is 4.74 Å². The third kappa shape index (κ3) is 2.54. The lowest BCUT2D eigenvalue weighted by Crippen LogP contribution is -1.91. The van der Waals surface area contributed by atoms with Gasteiger partial charge in [-0.05, 0) is 41.3 Å². The number of nitrogens with zero attached hydrogens (tertiary/aromatic N) is 1. The summed E-state index contributed by atoms with van der Waals surface area (Å²) in [7, 11) is 1.71. The number of thiazole rings is 1. The first-order valence-corrected chi connectivity index (χ1v) is 8.21. The van der Waals surface area contributed by atoms with E-state index in [9.17, 15) is 0 Å². The van der Waals surface area contributed by atoms with Crippen molar-refractivity contribution in [2.75, 3.05) is 7.11 Å². The number of hydrogen-bond acceptors (Lipinski definition) is 3. The maximum atomic E-state index is 5.36. The van der Waals surface area contributed by atoms with Gasteiger partial charge in [0.25, 0.3) is 0 Å². The molecule has 21 heavy (non-hydrogen) atoms. The monoisotopic (exact) mass is 295 g/mol. The Bertz CT molecular complexity index is 789. The van der Waals surface area contributed by atoms with Crippen LogP contribution in [0.25, 0.3) is 10.8 Å². The van der Waals surface area contributed by atoms with E-state index in [-0.39, 0.29) is 0 Å². The van der Waals surface area contributed by atoms with E-state index in [0.29, 0.717) is 0 Å². The Morgan fingerprint density at radius 2 is 2.14 bits per heavy atom. The van der Waals surface area contributed by atoms with Crippen molar-refractivity contribution in [1.29, 1.82) is 0 Å². The SMILES string of the molecule is COc1ccc2cccc(Cc3nc(C4CC4)cs3)c2c1. The van der Waals surface area contributed by atoms with Crippen LogP contribution in [0.2, 0.25) is 0 Å². The summed E-state index contributed by atoms with van der Waals surface area (Å²) in [5.74, 6) is 1.65. The predicted octanol–water partition coefficient (Wildman–Crippen LogP) is 4.77. The minimum atomic E-state index is 0.739. The molecule has 0 radical (unpaired) electrons. The van der Waals surface area contributed by atoms with Gasteiger partial charge in [-0.2, -0.15) is 0 Å². The van der Waals surface area contributed by atoms with Crippen molar-refractivity contribution in [3.63, 3.8) is 0 Å². The second-order valence-corrected chi connectivity index (χ2v) is 6.56. The minimum Gasteiger partial charge on any atom is -0.497 e. The number of hydrogen-bond donors (Lipinski definition) is 0. The molecule has 0 spiro atoms. The highest BCUT2D eigenvalue weighted by molar-refractivity contribution is 7.09. The zero-order chi connectivity index (χ0) is 14.2. The van der Waals surface area contributed by atoms with E-state index in [1.165, 1.54) is 39.9 Å². The number of ether oxygens (including phenoxy) is 1. The van der Waals surface area contributed by atoms with Gasteiger partial charge in [0, 0.05) is 17.7 Å². The van der Waals surface area contributed by atoms with Gasteiger partial charge in [0.05, 0.1) is 17.8 Å². The molecule has 1 saturated carbocycles. The number of benzene rings is 2. The van der Waals surface area contributed by atoms with E-state index in [2.05, 4.69) is 35.7 Å². The van der Waals surface area contributed by atoms with Crippen molar-refractivity contribution < 1.29 is 4.74 Å². The van der Waals surface area contributed by atoms with E-state index in [1.807, 2.05) is 6.07 Å². The molecule has 2 aromatic carbocycles. The normalized spacial score (nSPS) is 14.5. The lowest BCUT2D eigenvalue weighted by atomic mass is 10.0. The smallest absolute Gasteiger partial charge is 0.119 e. The van der Waals surface area contributed by atoms with Crippen molar-refractivity contribution in [2.24, 2.45) is 0 Å². The summed E-state index contributed by atoms with van der Waals surface area (Å²) in [5.41, 5.74) is 2.62. The maximum absolute atomic E-state index is 5.36. The van der Waals surface area contributed by atoms with E-state index in [4.69, 9.17) is 9.72 Å². The molecule has 0 amide bonds. The van der Waals surface area contributed by atoms with Gasteiger partial charge in [-0.25, -0.2) is 4.98 Å². The van der Waals surface area contributed by atoms with Crippen molar-refractivity contribution in [3.8, 4) is 5.75 Å². The van der Waals surface area contributed by atoms with Crippen LogP contribution in [0.3, 0.4) is 0 Å². The van der Waals surface area contributed by atoms with Gasteiger partial charge in [0.1, 0.15) is 5.75 Å². The first kappa shape index (κ1) is 12.8. The second-order valence-electron chi connectivity index (χ2n) is 5.62. The number of fused-ring (bicyclic) bond motifs is 1. The molecule has 1 heterocycles. The lowest BCUT2D eigenvalue weighted by molar-refractivity contribution is 0.415. The molecule has 0 bridgehead atoms. The van der Waals surface area contributed by atoms with Crippen LogP contribution in [-0.4, -0.2) is 12.1 Å². The Kier molecular flexibility index (Phi) is 3.15. The highest BCUT2D eigenvalue weighted by atomic mass is 32.1. The highest BCUT2D eigenvalue weighted by Crippen LogP contribution is 2.40. The average molecular weight is 295 g/mol. The highest BCUT2D eigenvalue weighted by Gasteiger charge is 2.26. The van der Waals surface area contributed by atoms with Crippen LogP contribution in [0, 0.1) is 0 Å². The molecule has 0 saturated heterocycles. The molecule has 3 aromatic rings. The summed E-state index contributed by atoms with van der Waals surface area (Å²) in [6, 6.07) is 12.7. The van der Waals surface area contributed by atoms with E-state index >= 15 is 0 Å². The molecule has 1 fully saturated rings. The average Bonchev–Trinajstić information content (AvgIpc) is 3.27. The molecule has 106 valence electrons. The summed E-state index contributed by atoms with van der Waals surface area (Å²) < 4.78 is 5.36. The van der Waals surface area contributed by atoms with Crippen molar-refractivity contribution >= 4 is 22.1 Å². The van der Waals surface area contributed by atoms with Crippen LogP contribution < -0.4 is 4.74 Å². The standard InChI is InChI=1S/C18H17NOS/c1-20-15-8-7-12-3-2-4-14(16(12)10-15)9-18-19-17(11-21-18)13-5-6-13/h2-4,7-8,10-11,13H,5-6,9H2,1H3. The first-order chi connectivity index (χ1) is 10.3. The first-order valence-electron chi connectivity index (χ1n) is 7.33. The number of rotatable bonds is 4. The fourth-order valence-corrected chi connectivity index (χ4v) is 3.63. The molecule has 0 N–H and O–H groups in total. The van der Waals surface area contributed by atoms with Crippen LogP contribution >= 0.6 is 11.3 Å². The van der Waals surface area contributed by atoms with Crippen LogP contribution in [0.4, 0.5) is 0 Å². The summed E-state index contributed by atoms with van der Waals surface area (Å²) >= 11 is 1.79. The summed E-state index contributed by atoms with van der Waals surface area (Å²) in [4.78, 5) is 4.80. The van der Waals surface area contributed by atoms with Crippen molar-refractivity contribution in [1.82, 2.24) is 4.98 Å². The van der Waals surface area contributed by atoms with Crippen LogP contribution in [-0.2, 0) is 6.42 Å². The molecule has 2 nitrogen and oxygen atoms in total. The molecule has 0 unspecified atom stereocenters. The predicted molar refractivity (Wildman–Crippen MR) is 87.4 cm³/mol. The third-order valence-electron chi connectivity index (χ3n) is 4.09. The molecule has 0 atom stereocenters. The van der Waals surface area contributed by atoms with Gasteiger partial charge in [0.15, 0.2) is 0 Å². The van der Waals surface area contributed by atoms with E-state index in [0.717, 1.165) is 18.1 Å². The van der Waals surface area contributed by atoms with Gasteiger partial charge in [-0.3, -0.25) is 0 Å². The zero-order valence-electron chi connectivity index (χ0n) is 12.0. The fourth-order valence-electron chi connectivity index (χ4n) is 2.73. The summed E-state index contributed by atoms with van der Waals surface area (Å²) in [6.07, 6.45) is 3.53. The van der Waals surface area contributed by atoms with Gasteiger partial charge in [-0.1, -0.05) is 24.3 Å².